The van der Waals surface area contributed by atoms with E-state index >= 15 is 0 Å². The van der Waals surface area contributed by atoms with Crippen LogP contribution in [0.2, 0.25) is 0 Å². The van der Waals surface area contributed by atoms with E-state index in [0.717, 1.165) is 37.7 Å². The summed E-state index contributed by atoms with van der Waals surface area (Å²) in [5.41, 5.74) is 13.1. The van der Waals surface area contributed by atoms with Gasteiger partial charge in [-0.25, -0.2) is 0 Å². The number of likely N-dealkylation sites (tertiary alicyclic amines) is 1. The zero-order chi connectivity index (χ0) is 19.2. The van der Waals surface area contributed by atoms with Crippen molar-refractivity contribution in [2.45, 2.75) is 63.1 Å². The van der Waals surface area contributed by atoms with Gasteiger partial charge in [0.15, 0.2) is 0 Å². The van der Waals surface area contributed by atoms with Crippen LogP contribution in [0.3, 0.4) is 0 Å². The first kappa shape index (κ1) is 19.8. The van der Waals surface area contributed by atoms with Crippen LogP contribution in [0, 0.1) is 5.92 Å². The Balaban J connectivity index is 1.51. The highest BCUT2D eigenvalue weighted by atomic mass is 16.2. The van der Waals surface area contributed by atoms with Gasteiger partial charge in [0, 0.05) is 19.1 Å². The standard InChI is InChI=1S/C21H32N4O2/c22-17-10-8-16(9-11-17)14-24-20(26)19-7-4-12-25(19)21(27)18(23)13-15-5-2-1-3-6-15/h1-3,5-6,16-19H,4,7-14,22-23H2,(H,24,26). The third kappa shape index (κ3) is 5.30. The molecule has 3 rings (SSSR count). The highest BCUT2D eigenvalue weighted by Crippen LogP contribution is 2.23. The Kier molecular flexibility index (Phi) is 6.85. The number of benzene rings is 1. The summed E-state index contributed by atoms with van der Waals surface area (Å²) in [4.78, 5) is 27.2. The fourth-order valence-electron chi connectivity index (χ4n) is 4.23. The van der Waals surface area contributed by atoms with Crippen molar-refractivity contribution in [3.05, 3.63) is 35.9 Å². The van der Waals surface area contributed by atoms with Crippen LogP contribution in [-0.2, 0) is 16.0 Å². The summed E-state index contributed by atoms with van der Waals surface area (Å²) in [6.45, 7) is 1.29. The Bertz CT molecular complexity index is 628. The minimum atomic E-state index is -0.611. The van der Waals surface area contributed by atoms with Gasteiger partial charge in [-0.3, -0.25) is 9.59 Å². The van der Waals surface area contributed by atoms with Crippen LogP contribution in [0.4, 0.5) is 0 Å². The van der Waals surface area contributed by atoms with Crippen molar-refractivity contribution in [1.82, 2.24) is 10.2 Å². The van der Waals surface area contributed by atoms with E-state index in [0.29, 0.717) is 37.9 Å². The van der Waals surface area contributed by atoms with Crippen LogP contribution in [0.5, 0.6) is 0 Å². The summed E-state index contributed by atoms with van der Waals surface area (Å²) in [7, 11) is 0. The molecule has 1 aromatic rings. The molecule has 2 aliphatic rings. The largest absolute Gasteiger partial charge is 0.354 e. The molecule has 5 N–H and O–H groups in total. The van der Waals surface area contributed by atoms with Gasteiger partial charge >= 0.3 is 0 Å². The zero-order valence-corrected chi connectivity index (χ0v) is 16.0. The maximum Gasteiger partial charge on any atom is 0.242 e. The lowest BCUT2D eigenvalue weighted by atomic mass is 9.86. The summed E-state index contributed by atoms with van der Waals surface area (Å²) in [5.74, 6) is 0.336. The van der Waals surface area contributed by atoms with Gasteiger partial charge in [0.1, 0.15) is 6.04 Å². The predicted octanol–water partition coefficient (Wildman–Crippen LogP) is 1.18. The first-order chi connectivity index (χ1) is 13.0. The number of nitrogens with zero attached hydrogens (tertiary/aromatic N) is 1. The molecule has 0 spiro atoms. The average Bonchev–Trinajstić information content (AvgIpc) is 3.17. The second-order valence-corrected chi connectivity index (χ2v) is 8.01. The molecule has 1 heterocycles. The molecule has 1 saturated heterocycles. The Hall–Kier alpha value is -1.92. The normalized spacial score (nSPS) is 26.6. The van der Waals surface area contributed by atoms with E-state index in [1.807, 2.05) is 30.3 Å². The number of hydrogen-bond acceptors (Lipinski definition) is 4. The molecule has 6 nitrogen and oxygen atoms in total. The Labute approximate surface area is 161 Å². The molecule has 2 fully saturated rings. The van der Waals surface area contributed by atoms with Gasteiger partial charge in [0.25, 0.3) is 0 Å². The van der Waals surface area contributed by atoms with Crippen molar-refractivity contribution in [3.63, 3.8) is 0 Å². The van der Waals surface area contributed by atoms with E-state index in [9.17, 15) is 9.59 Å². The maximum absolute atomic E-state index is 12.8. The lowest BCUT2D eigenvalue weighted by Crippen LogP contribution is -2.52. The van der Waals surface area contributed by atoms with E-state index in [1.165, 1.54) is 0 Å². The second-order valence-electron chi connectivity index (χ2n) is 8.01. The predicted molar refractivity (Wildman–Crippen MR) is 106 cm³/mol. The molecular formula is C21H32N4O2. The smallest absolute Gasteiger partial charge is 0.242 e. The lowest BCUT2D eigenvalue weighted by Gasteiger charge is -2.29. The van der Waals surface area contributed by atoms with Crippen molar-refractivity contribution in [3.8, 4) is 0 Å². The molecule has 2 unspecified atom stereocenters. The van der Waals surface area contributed by atoms with Gasteiger partial charge in [0.2, 0.25) is 11.8 Å². The van der Waals surface area contributed by atoms with Crippen LogP contribution >= 0.6 is 0 Å². The Morgan fingerprint density at radius 1 is 1.11 bits per heavy atom. The first-order valence-electron chi connectivity index (χ1n) is 10.2. The highest BCUT2D eigenvalue weighted by molar-refractivity contribution is 5.90. The highest BCUT2D eigenvalue weighted by Gasteiger charge is 2.36. The quantitative estimate of drug-likeness (QED) is 0.698. The van der Waals surface area contributed by atoms with E-state index in [4.69, 9.17) is 11.5 Å². The van der Waals surface area contributed by atoms with E-state index < -0.39 is 6.04 Å². The van der Waals surface area contributed by atoms with Gasteiger partial charge in [-0.2, -0.15) is 0 Å². The topological polar surface area (TPSA) is 101 Å². The lowest BCUT2D eigenvalue weighted by molar-refractivity contribution is -0.139. The summed E-state index contributed by atoms with van der Waals surface area (Å²) in [6, 6.07) is 9.08. The van der Waals surface area contributed by atoms with Crippen molar-refractivity contribution in [2.24, 2.45) is 17.4 Å². The third-order valence-corrected chi connectivity index (χ3v) is 5.91. The number of carbonyl (C=O) groups is 2. The number of carbonyl (C=O) groups excluding carboxylic acids is 2. The molecule has 2 amide bonds. The molecule has 0 bridgehead atoms. The molecule has 2 atom stereocenters. The first-order valence-corrected chi connectivity index (χ1v) is 10.2. The Morgan fingerprint density at radius 3 is 2.52 bits per heavy atom. The van der Waals surface area contributed by atoms with E-state index in [2.05, 4.69) is 5.32 Å². The molecule has 1 aliphatic heterocycles. The Morgan fingerprint density at radius 2 is 1.81 bits per heavy atom. The molecule has 6 heteroatoms. The van der Waals surface area contributed by atoms with E-state index in [-0.39, 0.29) is 17.9 Å². The zero-order valence-electron chi connectivity index (χ0n) is 16.0. The van der Waals surface area contributed by atoms with Crippen molar-refractivity contribution in [1.29, 1.82) is 0 Å². The van der Waals surface area contributed by atoms with Crippen molar-refractivity contribution < 1.29 is 9.59 Å². The maximum atomic E-state index is 12.8. The average molecular weight is 373 g/mol. The van der Waals surface area contributed by atoms with Gasteiger partial charge < -0.3 is 21.7 Å². The minimum Gasteiger partial charge on any atom is -0.354 e. The minimum absolute atomic E-state index is 0.0392. The monoisotopic (exact) mass is 372 g/mol. The third-order valence-electron chi connectivity index (χ3n) is 5.91. The molecule has 0 aromatic heterocycles. The fraction of sp³-hybridized carbons (Fsp3) is 0.619. The second kappa shape index (κ2) is 9.33. The summed E-state index contributed by atoms with van der Waals surface area (Å²) in [6.07, 6.45) is 6.25. The van der Waals surface area contributed by atoms with Gasteiger partial charge in [-0.1, -0.05) is 30.3 Å². The van der Waals surface area contributed by atoms with E-state index in [1.54, 1.807) is 4.90 Å². The van der Waals surface area contributed by atoms with Crippen LogP contribution < -0.4 is 16.8 Å². The van der Waals surface area contributed by atoms with Crippen LogP contribution in [0.25, 0.3) is 0 Å². The van der Waals surface area contributed by atoms with Crippen LogP contribution in [-0.4, -0.2) is 47.9 Å². The molecule has 1 aliphatic carbocycles. The number of hydrogen-bond donors (Lipinski definition) is 3. The number of nitrogens with two attached hydrogens (primary N) is 2. The molecule has 148 valence electrons. The van der Waals surface area contributed by atoms with Gasteiger partial charge in [-0.15, -0.1) is 0 Å². The SMILES string of the molecule is NC1CCC(CNC(=O)C2CCCN2C(=O)C(N)Cc2ccccc2)CC1. The number of rotatable bonds is 6. The summed E-state index contributed by atoms with van der Waals surface area (Å²) < 4.78 is 0. The van der Waals surface area contributed by atoms with Gasteiger partial charge in [0.05, 0.1) is 6.04 Å². The molecular weight excluding hydrogens is 340 g/mol. The van der Waals surface area contributed by atoms with Crippen molar-refractivity contribution >= 4 is 11.8 Å². The fourth-order valence-corrected chi connectivity index (χ4v) is 4.23. The molecule has 27 heavy (non-hydrogen) atoms. The number of nitrogens with one attached hydrogen (secondary N) is 1. The molecule has 1 aromatic carbocycles. The molecule has 0 radical (unpaired) electrons. The van der Waals surface area contributed by atoms with Gasteiger partial charge in [-0.05, 0) is 56.4 Å². The van der Waals surface area contributed by atoms with Crippen LogP contribution in [0.1, 0.15) is 44.1 Å². The summed E-state index contributed by atoms with van der Waals surface area (Å²) >= 11 is 0. The van der Waals surface area contributed by atoms with Crippen LogP contribution in [0.15, 0.2) is 30.3 Å². The molecule has 1 saturated carbocycles. The van der Waals surface area contributed by atoms with Crippen molar-refractivity contribution in [2.75, 3.05) is 13.1 Å². The number of amides is 2. The summed E-state index contributed by atoms with van der Waals surface area (Å²) in [5, 5.41) is 3.07.